The molecule has 1 aromatic carbocycles. The molecule has 2 atom stereocenters. The fraction of sp³-hybridized carbons (Fsp3) is 0.273. The Bertz CT molecular complexity index is 435. The highest BCUT2D eigenvalue weighted by molar-refractivity contribution is 5.94. The first-order valence-corrected chi connectivity index (χ1v) is 5.00. The Kier molecular flexibility index (Phi) is 2.52. The smallest absolute Gasteiger partial charge is 0.252 e. The van der Waals surface area contributed by atoms with Crippen LogP contribution in [0.3, 0.4) is 0 Å². The zero-order chi connectivity index (χ0) is 11.7. The van der Waals surface area contributed by atoms with Gasteiger partial charge in [-0.2, -0.15) is 4.99 Å². The van der Waals surface area contributed by atoms with Gasteiger partial charge in [-0.05, 0) is 30.0 Å². The molecule has 1 fully saturated rings. The van der Waals surface area contributed by atoms with Crippen LogP contribution in [0.1, 0.15) is 17.9 Å². The van der Waals surface area contributed by atoms with Gasteiger partial charge in [-0.15, -0.1) is 0 Å². The van der Waals surface area contributed by atoms with Crippen LogP contribution in [0.5, 0.6) is 5.75 Å². The number of guanidine groups is 1. The van der Waals surface area contributed by atoms with E-state index < -0.39 is 0 Å². The highest BCUT2D eigenvalue weighted by Crippen LogP contribution is 2.48. The van der Waals surface area contributed by atoms with Gasteiger partial charge in [0.25, 0.3) is 5.91 Å². The van der Waals surface area contributed by atoms with Crippen molar-refractivity contribution in [3.63, 3.8) is 0 Å². The number of carbonyl (C=O) groups is 1. The molecule has 0 aliphatic heterocycles. The first kappa shape index (κ1) is 10.5. The van der Waals surface area contributed by atoms with Crippen LogP contribution < -0.4 is 11.5 Å². The van der Waals surface area contributed by atoms with Crippen molar-refractivity contribution >= 4 is 11.9 Å². The fourth-order valence-corrected chi connectivity index (χ4v) is 1.77. The number of rotatable bonds is 2. The van der Waals surface area contributed by atoms with Crippen LogP contribution in [0.4, 0.5) is 0 Å². The molecule has 2 rings (SSSR count). The third-order valence-corrected chi connectivity index (χ3v) is 2.67. The predicted molar refractivity (Wildman–Crippen MR) is 59.8 cm³/mol. The van der Waals surface area contributed by atoms with E-state index in [4.69, 9.17) is 16.6 Å². The Morgan fingerprint density at radius 1 is 1.31 bits per heavy atom. The molecular weight excluding hydrogens is 206 g/mol. The summed E-state index contributed by atoms with van der Waals surface area (Å²) in [5, 5.41) is 9.13. The molecule has 0 heterocycles. The normalized spacial score (nSPS) is 22.5. The molecule has 1 aromatic rings. The number of phenolic OH excluding ortho intramolecular Hbond substituents is 1. The standard InChI is InChI=1S/C11H13N3O2/c12-11(13)14-10(16)9-5-8(9)6-1-3-7(15)4-2-6/h1-4,8-9,15H,5H2,(H4,12,13,14,16). The summed E-state index contributed by atoms with van der Waals surface area (Å²) in [5.74, 6) is -0.182. The second kappa shape index (κ2) is 3.84. The Balaban J connectivity index is 2.04. The van der Waals surface area contributed by atoms with E-state index in [2.05, 4.69) is 4.99 Å². The van der Waals surface area contributed by atoms with E-state index in [0.29, 0.717) is 0 Å². The highest BCUT2D eigenvalue weighted by atomic mass is 16.3. The molecule has 1 saturated carbocycles. The van der Waals surface area contributed by atoms with E-state index in [-0.39, 0.29) is 29.5 Å². The molecule has 0 bridgehead atoms. The fourth-order valence-electron chi connectivity index (χ4n) is 1.77. The highest BCUT2D eigenvalue weighted by Gasteiger charge is 2.43. The molecule has 1 amide bonds. The molecular formula is C11H13N3O2. The molecule has 0 aromatic heterocycles. The molecule has 5 heteroatoms. The van der Waals surface area contributed by atoms with Gasteiger partial charge in [0, 0.05) is 5.92 Å². The largest absolute Gasteiger partial charge is 0.508 e. The van der Waals surface area contributed by atoms with E-state index in [1.165, 1.54) is 0 Å². The molecule has 16 heavy (non-hydrogen) atoms. The summed E-state index contributed by atoms with van der Waals surface area (Å²) in [4.78, 5) is 15.0. The molecule has 0 saturated heterocycles. The number of hydrogen-bond donors (Lipinski definition) is 3. The zero-order valence-electron chi connectivity index (χ0n) is 8.63. The van der Waals surface area contributed by atoms with Crippen molar-refractivity contribution in [1.29, 1.82) is 0 Å². The zero-order valence-corrected chi connectivity index (χ0v) is 8.63. The van der Waals surface area contributed by atoms with Crippen molar-refractivity contribution in [1.82, 2.24) is 0 Å². The number of aliphatic imine (C=N–C) groups is 1. The van der Waals surface area contributed by atoms with Crippen LogP contribution in [0.25, 0.3) is 0 Å². The van der Waals surface area contributed by atoms with Gasteiger partial charge in [0.2, 0.25) is 0 Å². The lowest BCUT2D eigenvalue weighted by Gasteiger charge is -1.98. The first-order valence-electron chi connectivity index (χ1n) is 5.00. The summed E-state index contributed by atoms with van der Waals surface area (Å²) < 4.78 is 0. The molecule has 5 N–H and O–H groups in total. The quantitative estimate of drug-likeness (QED) is 0.491. The molecule has 2 unspecified atom stereocenters. The van der Waals surface area contributed by atoms with Gasteiger partial charge in [0.1, 0.15) is 5.75 Å². The lowest BCUT2D eigenvalue weighted by molar-refractivity contribution is -0.119. The summed E-state index contributed by atoms with van der Waals surface area (Å²) in [6, 6.07) is 6.83. The molecule has 1 aliphatic rings. The van der Waals surface area contributed by atoms with Crippen molar-refractivity contribution in [3.05, 3.63) is 29.8 Å². The van der Waals surface area contributed by atoms with E-state index in [1.54, 1.807) is 12.1 Å². The predicted octanol–water partition coefficient (Wildman–Crippen LogP) is 0.296. The Morgan fingerprint density at radius 3 is 2.50 bits per heavy atom. The number of benzene rings is 1. The van der Waals surface area contributed by atoms with Gasteiger partial charge in [-0.1, -0.05) is 12.1 Å². The second-order valence-electron chi connectivity index (χ2n) is 3.92. The average Bonchev–Trinajstić information content (AvgIpc) is 2.97. The minimum absolute atomic E-state index is 0.119. The topological polar surface area (TPSA) is 102 Å². The number of phenols is 1. The van der Waals surface area contributed by atoms with Gasteiger partial charge >= 0.3 is 0 Å². The first-order chi connectivity index (χ1) is 7.58. The van der Waals surface area contributed by atoms with E-state index in [1.807, 2.05) is 12.1 Å². The monoisotopic (exact) mass is 219 g/mol. The summed E-state index contributed by atoms with van der Waals surface area (Å²) >= 11 is 0. The maximum absolute atomic E-state index is 11.5. The summed E-state index contributed by atoms with van der Waals surface area (Å²) in [6.45, 7) is 0. The van der Waals surface area contributed by atoms with Crippen LogP contribution in [0, 0.1) is 5.92 Å². The number of nitrogens with zero attached hydrogens (tertiary/aromatic N) is 1. The van der Waals surface area contributed by atoms with Gasteiger partial charge in [0.05, 0.1) is 0 Å². The van der Waals surface area contributed by atoms with Gasteiger partial charge < -0.3 is 16.6 Å². The van der Waals surface area contributed by atoms with Crippen LogP contribution >= 0.6 is 0 Å². The van der Waals surface area contributed by atoms with Crippen LogP contribution in [0.2, 0.25) is 0 Å². The number of carbonyl (C=O) groups excluding carboxylic acids is 1. The van der Waals surface area contributed by atoms with Crippen molar-refractivity contribution in [3.8, 4) is 5.75 Å². The maximum atomic E-state index is 11.5. The minimum atomic E-state index is -0.266. The lowest BCUT2D eigenvalue weighted by Crippen LogP contribution is -2.24. The van der Waals surface area contributed by atoms with Crippen LogP contribution in [-0.2, 0) is 4.79 Å². The maximum Gasteiger partial charge on any atom is 0.252 e. The van der Waals surface area contributed by atoms with E-state index in [0.717, 1.165) is 12.0 Å². The summed E-state index contributed by atoms with van der Waals surface area (Å²) in [6.07, 6.45) is 0.764. The van der Waals surface area contributed by atoms with Gasteiger partial charge in [-0.3, -0.25) is 4.79 Å². The van der Waals surface area contributed by atoms with E-state index in [9.17, 15) is 4.79 Å². The Hall–Kier alpha value is -2.04. The third kappa shape index (κ3) is 2.13. The van der Waals surface area contributed by atoms with E-state index >= 15 is 0 Å². The van der Waals surface area contributed by atoms with Crippen molar-refractivity contribution in [2.45, 2.75) is 12.3 Å². The number of nitrogens with two attached hydrogens (primary N) is 2. The number of hydrogen-bond acceptors (Lipinski definition) is 2. The molecule has 5 nitrogen and oxygen atoms in total. The summed E-state index contributed by atoms with van der Waals surface area (Å²) in [7, 11) is 0. The van der Waals surface area contributed by atoms with Crippen LogP contribution in [-0.4, -0.2) is 17.0 Å². The SMILES string of the molecule is NC(N)=NC(=O)C1CC1c1ccc(O)cc1. The van der Waals surface area contributed by atoms with Gasteiger partial charge in [0.15, 0.2) is 5.96 Å². The molecule has 84 valence electrons. The average molecular weight is 219 g/mol. The number of amides is 1. The van der Waals surface area contributed by atoms with Crippen molar-refractivity contribution in [2.24, 2.45) is 22.4 Å². The molecule has 1 aliphatic carbocycles. The number of aromatic hydroxyl groups is 1. The third-order valence-electron chi connectivity index (χ3n) is 2.67. The Morgan fingerprint density at radius 2 is 1.94 bits per heavy atom. The lowest BCUT2D eigenvalue weighted by atomic mass is 10.1. The second-order valence-corrected chi connectivity index (χ2v) is 3.92. The molecule has 0 spiro atoms. The summed E-state index contributed by atoms with van der Waals surface area (Å²) in [5.41, 5.74) is 11.3. The van der Waals surface area contributed by atoms with Crippen molar-refractivity contribution < 1.29 is 9.90 Å². The van der Waals surface area contributed by atoms with Gasteiger partial charge in [-0.25, -0.2) is 0 Å². The minimum Gasteiger partial charge on any atom is -0.508 e. The van der Waals surface area contributed by atoms with Crippen molar-refractivity contribution in [2.75, 3.05) is 0 Å². The molecule has 0 radical (unpaired) electrons. The Labute approximate surface area is 92.8 Å². The van der Waals surface area contributed by atoms with Crippen LogP contribution in [0.15, 0.2) is 29.3 Å².